The second-order valence-corrected chi connectivity index (χ2v) is 4.31. The van der Waals surface area contributed by atoms with Gasteiger partial charge in [0.25, 0.3) is 0 Å². The normalized spacial score (nSPS) is 11.6. The molecule has 18 heavy (non-hydrogen) atoms. The van der Waals surface area contributed by atoms with Crippen LogP contribution in [0.25, 0.3) is 0 Å². The molecule has 0 aliphatic heterocycles. The van der Waals surface area contributed by atoms with Crippen molar-refractivity contribution in [2.45, 2.75) is 20.3 Å². The molecular formula is C14H18N2O2. The average molecular weight is 246 g/mol. The van der Waals surface area contributed by atoms with Crippen LogP contribution in [0.15, 0.2) is 24.3 Å². The average Bonchev–Trinajstić information content (AvgIpc) is 2.38. The van der Waals surface area contributed by atoms with Crippen LogP contribution in [0.4, 0.5) is 5.69 Å². The molecule has 0 bridgehead atoms. The van der Waals surface area contributed by atoms with E-state index in [0.717, 1.165) is 18.7 Å². The standard InChI is InChI=1S/C14H18N2O2/c1-3-8-16(10-11(2)14(17)18)13-7-5-4-6-12(13)9-15/h4-7,11H,3,8,10H2,1-2H3,(H,17,18). The summed E-state index contributed by atoms with van der Waals surface area (Å²) in [7, 11) is 0. The van der Waals surface area contributed by atoms with Crippen LogP contribution >= 0.6 is 0 Å². The summed E-state index contributed by atoms with van der Waals surface area (Å²) in [5.74, 6) is -1.27. The van der Waals surface area contributed by atoms with Gasteiger partial charge in [0.05, 0.1) is 17.2 Å². The molecule has 1 atom stereocenters. The van der Waals surface area contributed by atoms with E-state index in [9.17, 15) is 4.79 Å². The molecule has 0 amide bonds. The first-order chi connectivity index (χ1) is 8.60. The Bertz CT molecular complexity index is 451. The SMILES string of the molecule is CCCN(CC(C)C(=O)O)c1ccccc1C#N. The minimum absolute atomic E-state index is 0.419. The third-order valence-corrected chi connectivity index (χ3v) is 2.77. The topological polar surface area (TPSA) is 64.3 Å². The van der Waals surface area contributed by atoms with Gasteiger partial charge < -0.3 is 10.0 Å². The molecule has 0 radical (unpaired) electrons. The predicted octanol–water partition coefficient (Wildman–Crippen LogP) is 2.50. The van der Waals surface area contributed by atoms with Crippen molar-refractivity contribution >= 4 is 11.7 Å². The van der Waals surface area contributed by atoms with E-state index in [1.807, 2.05) is 30.0 Å². The van der Waals surface area contributed by atoms with Gasteiger partial charge in [-0.3, -0.25) is 4.79 Å². The quantitative estimate of drug-likeness (QED) is 0.837. The molecule has 0 aliphatic carbocycles. The maximum atomic E-state index is 10.9. The molecular weight excluding hydrogens is 228 g/mol. The van der Waals surface area contributed by atoms with Crippen molar-refractivity contribution in [2.75, 3.05) is 18.0 Å². The zero-order valence-electron chi connectivity index (χ0n) is 10.8. The van der Waals surface area contributed by atoms with Gasteiger partial charge in [0, 0.05) is 13.1 Å². The zero-order valence-corrected chi connectivity index (χ0v) is 10.8. The van der Waals surface area contributed by atoms with E-state index in [1.165, 1.54) is 0 Å². The number of rotatable bonds is 6. The molecule has 1 rings (SSSR count). The zero-order chi connectivity index (χ0) is 13.5. The van der Waals surface area contributed by atoms with Crippen LogP contribution in [0.1, 0.15) is 25.8 Å². The number of carbonyl (C=O) groups is 1. The second kappa shape index (κ2) is 6.65. The third kappa shape index (κ3) is 3.49. The molecule has 0 saturated carbocycles. The summed E-state index contributed by atoms with van der Waals surface area (Å²) in [5.41, 5.74) is 1.40. The second-order valence-electron chi connectivity index (χ2n) is 4.31. The molecule has 96 valence electrons. The lowest BCUT2D eigenvalue weighted by Crippen LogP contribution is -2.33. The van der Waals surface area contributed by atoms with Crippen molar-refractivity contribution in [2.24, 2.45) is 5.92 Å². The Morgan fingerprint density at radius 2 is 2.17 bits per heavy atom. The number of para-hydroxylation sites is 1. The molecule has 0 spiro atoms. The number of nitrogens with zero attached hydrogens (tertiary/aromatic N) is 2. The number of hydrogen-bond acceptors (Lipinski definition) is 3. The molecule has 4 heteroatoms. The first-order valence-corrected chi connectivity index (χ1v) is 6.07. The number of anilines is 1. The lowest BCUT2D eigenvalue weighted by atomic mass is 10.1. The largest absolute Gasteiger partial charge is 0.481 e. The lowest BCUT2D eigenvalue weighted by molar-refractivity contribution is -0.140. The Hall–Kier alpha value is -2.02. The Morgan fingerprint density at radius 1 is 1.50 bits per heavy atom. The van der Waals surface area contributed by atoms with Crippen molar-refractivity contribution in [1.82, 2.24) is 0 Å². The van der Waals surface area contributed by atoms with Crippen LogP contribution in [-0.2, 0) is 4.79 Å². The fraction of sp³-hybridized carbons (Fsp3) is 0.429. The van der Waals surface area contributed by atoms with Crippen molar-refractivity contribution < 1.29 is 9.90 Å². The molecule has 0 saturated heterocycles. The molecule has 1 unspecified atom stereocenters. The highest BCUT2D eigenvalue weighted by Crippen LogP contribution is 2.21. The van der Waals surface area contributed by atoms with Crippen LogP contribution in [-0.4, -0.2) is 24.2 Å². The Labute approximate surface area is 107 Å². The van der Waals surface area contributed by atoms with Gasteiger partial charge in [0.15, 0.2) is 0 Å². The Morgan fingerprint density at radius 3 is 2.72 bits per heavy atom. The van der Waals surface area contributed by atoms with Crippen LogP contribution in [0.5, 0.6) is 0 Å². The van der Waals surface area contributed by atoms with E-state index in [2.05, 4.69) is 6.07 Å². The van der Waals surface area contributed by atoms with Crippen molar-refractivity contribution in [3.63, 3.8) is 0 Å². The van der Waals surface area contributed by atoms with Gasteiger partial charge in [-0.25, -0.2) is 0 Å². The number of aliphatic carboxylic acids is 1. The minimum atomic E-state index is -0.814. The molecule has 1 aromatic rings. The van der Waals surface area contributed by atoms with Crippen molar-refractivity contribution in [3.8, 4) is 6.07 Å². The summed E-state index contributed by atoms with van der Waals surface area (Å²) in [4.78, 5) is 12.9. The van der Waals surface area contributed by atoms with Crippen LogP contribution < -0.4 is 4.90 Å². The summed E-state index contributed by atoms with van der Waals surface area (Å²) < 4.78 is 0. The van der Waals surface area contributed by atoms with Gasteiger partial charge in [-0.1, -0.05) is 26.0 Å². The van der Waals surface area contributed by atoms with E-state index in [-0.39, 0.29) is 0 Å². The highest BCUT2D eigenvalue weighted by molar-refractivity contribution is 5.71. The summed E-state index contributed by atoms with van der Waals surface area (Å²) in [6, 6.07) is 9.44. The molecule has 4 nitrogen and oxygen atoms in total. The third-order valence-electron chi connectivity index (χ3n) is 2.77. The smallest absolute Gasteiger partial charge is 0.308 e. The van der Waals surface area contributed by atoms with E-state index < -0.39 is 11.9 Å². The molecule has 0 aromatic heterocycles. The molecule has 0 heterocycles. The number of hydrogen-bond donors (Lipinski definition) is 1. The van der Waals surface area contributed by atoms with Gasteiger partial charge >= 0.3 is 5.97 Å². The van der Waals surface area contributed by atoms with Crippen LogP contribution in [0.3, 0.4) is 0 Å². The summed E-state index contributed by atoms with van der Waals surface area (Å²) in [6.07, 6.45) is 0.909. The predicted molar refractivity (Wildman–Crippen MR) is 70.5 cm³/mol. The number of nitriles is 1. The van der Waals surface area contributed by atoms with Gasteiger partial charge in [0.2, 0.25) is 0 Å². The lowest BCUT2D eigenvalue weighted by Gasteiger charge is -2.27. The minimum Gasteiger partial charge on any atom is -0.481 e. The van der Waals surface area contributed by atoms with Gasteiger partial charge in [-0.15, -0.1) is 0 Å². The molecule has 1 aromatic carbocycles. The van der Waals surface area contributed by atoms with E-state index >= 15 is 0 Å². The molecule has 0 fully saturated rings. The highest BCUT2D eigenvalue weighted by Gasteiger charge is 2.17. The number of carboxylic acids is 1. The van der Waals surface area contributed by atoms with Gasteiger partial charge in [0.1, 0.15) is 6.07 Å². The summed E-state index contributed by atoms with van der Waals surface area (Å²) in [5, 5.41) is 18.1. The fourth-order valence-corrected chi connectivity index (χ4v) is 1.83. The van der Waals surface area contributed by atoms with E-state index in [1.54, 1.807) is 13.0 Å². The van der Waals surface area contributed by atoms with Gasteiger partial charge in [-0.2, -0.15) is 5.26 Å². The number of carboxylic acid groups (broad SMARTS) is 1. The van der Waals surface area contributed by atoms with E-state index in [4.69, 9.17) is 10.4 Å². The van der Waals surface area contributed by atoms with Crippen molar-refractivity contribution in [3.05, 3.63) is 29.8 Å². The van der Waals surface area contributed by atoms with Crippen LogP contribution in [0.2, 0.25) is 0 Å². The number of benzene rings is 1. The Balaban J connectivity index is 2.97. The monoisotopic (exact) mass is 246 g/mol. The molecule has 0 aliphatic rings. The first kappa shape index (κ1) is 14.0. The summed E-state index contributed by atoms with van der Waals surface area (Å²) in [6.45, 7) is 4.88. The molecule has 1 N–H and O–H groups in total. The summed E-state index contributed by atoms with van der Waals surface area (Å²) >= 11 is 0. The highest BCUT2D eigenvalue weighted by atomic mass is 16.4. The fourth-order valence-electron chi connectivity index (χ4n) is 1.83. The van der Waals surface area contributed by atoms with Crippen LogP contribution in [0, 0.1) is 17.2 Å². The van der Waals surface area contributed by atoms with Gasteiger partial charge in [-0.05, 0) is 18.6 Å². The van der Waals surface area contributed by atoms with E-state index in [0.29, 0.717) is 12.1 Å². The Kier molecular flexibility index (Phi) is 5.19. The maximum absolute atomic E-state index is 10.9. The maximum Gasteiger partial charge on any atom is 0.308 e. The first-order valence-electron chi connectivity index (χ1n) is 6.07. The van der Waals surface area contributed by atoms with Crippen molar-refractivity contribution in [1.29, 1.82) is 5.26 Å².